The van der Waals surface area contributed by atoms with E-state index in [2.05, 4.69) is 9.80 Å². The molecule has 5 nitrogen and oxygen atoms in total. The molecule has 108 valence electrons. The van der Waals surface area contributed by atoms with E-state index in [0.717, 1.165) is 55.7 Å². The average Bonchev–Trinajstić information content (AvgIpc) is 2.88. The maximum absolute atomic E-state index is 5.82. The lowest BCUT2D eigenvalue weighted by Gasteiger charge is -2.34. The van der Waals surface area contributed by atoms with Gasteiger partial charge in [0.1, 0.15) is 0 Å². The van der Waals surface area contributed by atoms with E-state index in [1.54, 1.807) is 18.4 Å². The minimum absolute atomic E-state index is 0.803. The minimum Gasteiger partial charge on any atom is -0.399 e. The van der Waals surface area contributed by atoms with Crippen molar-refractivity contribution in [3.8, 4) is 0 Å². The number of benzene rings is 1. The van der Waals surface area contributed by atoms with Crippen LogP contribution in [0.2, 0.25) is 0 Å². The zero-order chi connectivity index (χ0) is 13.9. The predicted octanol–water partition coefficient (Wildman–Crippen LogP) is 1.65. The van der Waals surface area contributed by atoms with Gasteiger partial charge in [-0.25, -0.2) is 4.98 Å². The highest BCUT2D eigenvalue weighted by molar-refractivity contribution is 7.22. The third-order valence-corrected chi connectivity index (χ3v) is 4.73. The van der Waals surface area contributed by atoms with Gasteiger partial charge in [0.15, 0.2) is 5.13 Å². The van der Waals surface area contributed by atoms with Crippen LogP contribution in [0.1, 0.15) is 0 Å². The highest BCUT2D eigenvalue weighted by Crippen LogP contribution is 2.30. The molecule has 0 atom stereocenters. The fourth-order valence-electron chi connectivity index (χ4n) is 2.45. The largest absolute Gasteiger partial charge is 0.399 e. The summed E-state index contributed by atoms with van der Waals surface area (Å²) in [6.45, 7) is 6.02. The zero-order valence-electron chi connectivity index (χ0n) is 11.7. The van der Waals surface area contributed by atoms with Gasteiger partial charge in [-0.1, -0.05) is 11.3 Å². The number of fused-ring (bicyclic) bond motifs is 1. The topological polar surface area (TPSA) is 54.6 Å². The second-order valence-corrected chi connectivity index (χ2v) is 6.05. The SMILES string of the molecule is COCCN1CCN(c2nc3ccc(N)cc3s2)CC1. The molecule has 1 saturated heterocycles. The number of piperazine rings is 1. The van der Waals surface area contributed by atoms with Gasteiger partial charge < -0.3 is 15.4 Å². The van der Waals surface area contributed by atoms with E-state index in [9.17, 15) is 0 Å². The molecule has 20 heavy (non-hydrogen) atoms. The first-order valence-electron chi connectivity index (χ1n) is 6.88. The van der Waals surface area contributed by atoms with Crippen LogP contribution >= 0.6 is 11.3 Å². The van der Waals surface area contributed by atoms with Crippen LogP contribution < -0.4 is 10.6 Å². The average molecular weight is 292 g/mol. The predicted molar refractivity (Wildman–Crippen MR) is 84.6 cm³/mol. The number of aromatic nitrogens is 1. The molecule has 0 saturated carbocycles. The zero-order valence-corrected chi connectivity index (χ0v) is 12.5. The summed E-state index contributed by atoms with van der Waals surface area (Å²) in [5.41, 5.74) is 7.67. The number of thiazole rings is 1. The normalized spacial score (nSPS) is 16.9. The van der Waals surface area contributed by atoms with Crippen molar-refractivity contribution in [2.45, 2.75) is 0 Å². The van der Waals surface area contributed by atoms with Crippen molar-refractivity contribution in [2.75, 3.05) is 57.1 Å². The van der Waals surface area contributed by atoms with Gasteiger partial charge in [0, 0.05) is 45.5 Å². The van der Waals surface area contributed by atoms with Crippen LogP contribution in [0.25, 0.3) is 10.2 Å². The van der Waals surface area contributed by atoms with E-state index < -0.39 is 0 Å². The molecule has 0 amide bonds. The summed E-state index contributed by atoms with van der Waals surface area (Å²) >= 11 is 1.73. The molecular weight excluding hydrogens is 272 g/mol. The Hall–Kier alpha value is -1.37. The van der Waals surface area contributed by atoms with Crippen molar-refractivity contribution in [3.05, 3.63) is 18.2 Å². The Morgan fingerprint density at radius 2 is 2.10 bits per heavy atom. The molecule has 0 bridgehead atoms. The van der Waals surface area contributed by atoms with Gasteiger partial charge in [-0.05, 0) is 18.2 Å². The monoisotopic (exact) mass is 292 g/mol. The summed E-state index contributed by atoms with van der Waals surface area (Å²) in [4.78, 5) is 9.51. The smallest absolute Gasteiger partial charge is 0.186 e. The van der Waals surface area contributed by atoms with Crippen LogP contribution in [0.5, 0.6) is 0 Å². The first-order chi connectivity index (χ1) is 9.76. The molecule has 2 aromatic rings. The lowest BCUT2D eigenvalue weighted by atomic mass is 10.3. The molecule has 6 heteroatoms. The number of nitrogen functional groups attached to an aromatic ring is 1. The van der Waals surface area contributed by atoms with Crippen LogP contribution in [0.15, 0.2) is 18.2 Å². The van der Waals surface area contributed by atoms with Gasteiger partial charge in [-0.3, -0.25) is 4.90 Å². The van der Waals surface area contributed by atoms with Crippen molar-refractivity contribution in [2.24, 2.45) is 0 Å². The summed E-state index contributed by atoms with van der Waals surface area (Å²) in [6.07, 6.45) is 0. The number of rotatable bonds is 4. The Morgan fingerprint density at radius 3 is 2.85 bits per heavy atom. The Bertz CT molecular complexity index is 578. The van der Waals surface area contributed by atoms with Gasteiger partial charge in [-0.2, -0.15) is 0 Å². The maximum Gasteiger partial charge on any atom is 0.186 e. The Morgan fingerprint density at radius 1 is 1.30 bits per heavy atom. The van der Waals surface area contributed by atoms with Crippen LogP contribution in [0.4, 0.5) is 10.8 Å². The van der Waals surface area contributed by atoms with Gasteiger partial charge in [0.05, 0.1) is 16.8 Å². The lowest BCUT2D eigenvalue weighted by Crippen LogP contribution is -2.47. The second kappa shape index (κ2) is 5.95. The summed E-state index contributed by atoms with van der Waals surface area (Å²) < 4.78 is 6.30. The van der Waals surface area contributed by atoms with Crippen molar-refractivity contribution in [3.63, 3.8) is 0 Å². The lowest BCUT2D eigenvalue weighted by molar-refractivity contribution is 0.144. The van der Waals surface area contributed by atoms with Gasteiger partial charge >= 0.3 is 0 Å². The number of anilines is 2. The molecule has 2 heterocycles. The molecule has 1 fully saturated rings. The fourth-order valence-corrected chi connectivity index (χ4v) is 3.51. The number of nitrogens with zero attached hydrogens (tertiary/aromatic N) is 3. The summed E-state index contributed by atoms with van der Waals surface area (Å²) in [7, 11) is 1.75. The number of methoxy groups -OCH3 is 1. The molecule has 3 rings (SSSR count). The highest BCUT2D eigenvalue weighted by atomic mass is 32.1. The van der Waals surface area contributed by atoms with E-state index in [4.69, 9.17) is 15.5 Å². The van der Waals surface area contributed by atoms with Crippen LogP contribution in [-0.2, 0) is 4.74 Å². The number of hydrogen-bond donors (Lipinski definition) is 1. The Kier molecular flexibility index (Phi) is 4.05. The van der Waals surface area contributed by atoms with Gasteiger partial charge in [0.25, 0.3) is 0 Å². The Labute approximate surface area is 122 Å². The molecule has 1 aliphatic rings. The maximum atomic E-state index is 5.82. The summed E-state index contributed by atoms with van der Waals surface area (Å²) in [5, 5.41) is 1.11. The van der Waals surface area contributed by atoms with Gasteiger partial charge in [0.2, 0.25) is 0 Å². The van der Waals surface area contributed by atoms with Crippen molar-refractivity contribution >= 4 is 32.4 Å². The van der Waals surface area contributed by atoms with Crippen LogP contribution in [-0.4, -0.2) is 56.3 Å². The second-order valence-electron chi connectivity index (χ2n) is 5.05. The molecule has 0 unspecified atom stereocenters. The Balaban J connectivity index is 1.67. The number of ether oxygens (including phenoxy) is 1. The van der Waals surface area contributed by atoms with Gasteiger partial charge in [-0.15, -0.1) is 0 Å². The van der Waals surface area contributed by atoms with E-state index in [1.165, 1.54) is 4.70 Å². The molecule has 0 radical (unpaired) electrons. The van der Waals surface area contributed by atoms with E-state index in [0.29, 0.717) is 0 Å². The first kappa shape index (κ1) is 13.6. The first-order valence-corrected chi connectivity index (χ1v) is 7.70. The molecule has 0 aliphatic carbocycles. The minimum atomic E-state index is 0.803. The van der Waals surface area contributed by atoms with Crippen LogP contribution in [0.3, 0.4) is 0 Å². The molecular formula is C14H20N4OS. The van der Waals surface area contributed by atoms with Crippen molar-refractivity contribution < 1.29 is 4.74 Å². The van der Waals surface area contributed by atoms with E-state index in [-0.39, 0.29) is 0 Å². The highest BCUT2D eigenvalue weighted by Gasteiger charge is 2.19. The quantitative estimate of drug-likeness (QED) is 0.868. The third-order valence-electron chi connectivity index (χ3n) is 3.66. The van der Waals surface area contributed by atoms with Crippen LogP contribution in [0, 0.1) is 0 Å². The third kappa shape index (κ3) is 2.87. The number of hydrogen-bond acceptors (Lipinski definition) is 6. The van der Waals surface area contributed by atoms with Crippen molar-refractivity contribution in [1.29, 1.82) is 0 Å². The molecule has 1 aliphatic heterocycles. The van der Waals surface area contributed by atoms with E-state index in [1.807, 2.05) is 18.2 Å². The molecule has 1 aromatic carbocycles. The fraction of sp³-hybridized carbons (Fsp3) is 0.500. The molecule has 0 spiro atoms. The standard InChI is InChI=1S/C14H20N4OS/c1-19-9-8-17-4-6-18(7-5-17)14-16-12-3-2-11(15)10-13(12)20-14/h2-3,10H,4-9,15H2,1H3. The summed E-state index contributed by atoms with van der Waals surface area (Å²) in [5.74, 6) is 0. The summed E-state index contributed by atoms with van der Waals surface area (Å²) in [6, 6.07) is 5.92. The van der Waals surface area contributed by atoms with Crippen molar-refractivity contribution in [1.82, 2.24) is 9.88 Å². The molecule has 1 aromatic heterocycles. The number of nitrogens with two attached hydrogens (primary N) is 1. The molecule has 2 N–H and O–H groups in total. The van der Waals surface area contributed by atoms with E-state index >= 15 is 0 Å².